The molecule has 0 saturated carbocycles. The first-order chi connectivity index (χ1) is 9.02. The third-order valence-corrected chi connectivity index (χ3v) is 4.40. The van der Waals surface area contributed by atoms with E-state index in [1.807, 2.05) is 0 Å². The van der Waals surface area contributed by atoms with Gasteiger partial charge in [0, 0.05) is 18.0 Å². The highest BCUT2D eigenvalue weighted by Crippen LogP contribution is 2.14. The lowest BCUT2D eigenvalue weighted by atomic mass is 10.3. The summed E-state index contributed by atoms with van der Waals surface area (Å²) in [5.41, 5.74) is 8.18. The number of carbonyl (C=O) groups excluding carboxylic acids is 1. The number of amides is 1. The molecule has 0 bridgehead atoms. The van der Waals surface area contributed by atoms with Crippen molar-refractivity contribution in [2.24, 2.45) is 5.11 Å². The minimum Gasteiger partial charge on any atom is -0.456 e. The molecule has 2 rings (SSSR count). The maximum absolute atomic E-state index is 12.0. The fourth-order valence-corrected chi connectivity index (χ4v) is 2.95. The summed E-state index contributed by atoms with van der Waals surface area (Å²) in [5, 5.41) is 3.33. The molecule has 1 aliphatic heterocycles. The lowest BCUT2D eigenvalue weighted by molar-refractivity contribution is 0.0736. The molecule has 1 aromatic rings. The van der Waals surface area contributed by atoms with Gasteiger partial charge >= 0.3 is 0 Å². The lowest BCUT2D eigenvalue weighted by Crippen LogP contribution is -2.43. The van der Waals surface area contributed by atoms with Crippen LogP contribution in [0.1, 0.15) is 16.3 Å². The summed E-state index contributed by atoms with van der Waals surface area (Å²) < 4.78 is 27.8. The average Bonchev–Trinajstić information content (AvgIpc) is 2.84. The van der Waals surface area contributed by atoms with E-state index >= 15 is 0 Å². The minimum atomic E-state index is -3.02. The number of hydrogen-bond acceptors (Lipinski definition) is 5. The molecule has 2 heterocycles. The Morgan fingerprint density at radius 3 is 2.74 bits per heavy atom. The summed E-state index contributed by atoms with van der Waals surface area (Å²) in [6.07, 6.45) is 0. The van der Waals surface area contributed by atoms with Crippen molar-refractivity contribution in [1.29, 1.82) is 0 Å². The molecule has 1 aliphatic rings. The summed E-state index contributed by atoms with van der Waals surface area (Å²) in [7, 11) is -3.02. The van der Waals surface area contributed by atoms with Crippen molar-refractivity contribution in [1.82, 2.24) is 4.90 Å². The molecular formula is C10H12N4O4S. The number of nitrogens with zero attached hydrogens (tertiary/aromatic N) is 4. The summed E-state index contributed by atoms with van der Waals surface area (Å²) in [5.74, 6) is 0.131. The summed E-state index contributed by atoms with van der Waals surface area (Å²) in [4.78, 5) is 16.1. The normalized spacial score (nSPS) is 17.8. The molecule has 1 saturated heterocycles. The number of azide groups is 1. The topological polar surface area (TPSA) is 116 Å². The van der Waals surface area contributed by atoms with Crippen molar-refractivity contribution in [3.05, 3.63) is 34.1 Å². The van der Waals surface area contributed by atoms with Crippen LogP contribution in [0, 0.1) is 0 Å². The van der Waals surface area contributed by atoms with Gasteiger partial charge in [-0.3, -0.25) is 4.79 Å². The van der Waals surface area contributed by atoms with Crippen molar-refractivity contribution in [2.45, 2.75) is 6.54 Å². The zero-order chi connectivity index (χ0) is 13.9. The lowest BCUT2D eigenvalue weighted by Gasteiger charge is -2.25. The smallest absolute Gasteiger partial charge is 0.289 e. The Balaban J connectivity index is 2.04. The zero-order valence-corrected chi connectivity index (χ0v) is 10.8. The van der Waals surface area contributed by atoms with Gasteiger partial charge in [-0.2, -0.15) is 0 Å². The van der Waals surface area contributed by atoms with Crippen molar-refractivity contribution in [3.8, 4) is 0 Å². The predicted octanol–water partition coefficient (Wildman–Crippen LogP) is 0.961. The minimum absolute atomic E-state index is 0.0228. The maximum atomic E-state index is 12.0. The van der Waals surface area contributed by atoms with Gasteiger partial charge in [0.15, 0.2) is 15.6 Å². The number of hydrogen-bond donors (Lipinski definition) is 0. The summed E-state index contributed by atoms with van der Waals surface area (Å²) in [6, 6.07) is 3.05. The second kappa shape index (κ2) is 5.33. The van der Waals surface area contributed by atoms with Crippen molar-refractivity contribution in [2.75, 3.05) is 24.6 Å². The fourth-order valence-electron chi connectivity index (χ4n) is 1.75. The van der Waals surface area contributed by atoms with E-state index in [9.17, 15) is 13.2 Å². The van der Waals surface area contributed by atoms with Gasteiger partial charge in [0.1, 0.15) is 5.76 Å². The number of carbonyl (C=O) groups is 1. The molecule has 0 aliphatic carbocycles. The Kier molecular flexibility index (Phi) is 3.77. The molecule has 8 nitrogen and oxygen atoms in total. The van der Waals surface area contributed by atoms with Gasteiger partial charge in [-0.15, -0.1) is 0 Å². The van der Waals surface area contributed by atoms with E-state index in [2.05, 4.69) is 10.0 Å². The van der Waals surface area contributed by atoms with E-state index in [1.165, 1.54) is 11.0 Å². The van der Waals surface area contributed by atoms with Crippen molar-refractivity contribution < 1.29 is 17.6 Å². The van der Waals surface area contributed by atoms with E-state index < -0.39 is 9.84 Å². The van der Waals surface area contributed by atoms with Gasteiger partial charge in [-0.05, 0) is 17.7 Å². The van der Waals surface area contributed by atoms with Crippen LogP contribution in [-0.2, 0) is 16.4 Å². The standard InChI is InChI=1S/C10H12N4O4S/c11-13-12-7-8-1-2-9(18-8)10(15)14-3-5-19(16,17)6-4-14/h1-2H,3-7H2. The van der Waals surface area contributed by atoms with Gasteiger partial charge in [0.25, 0.3) is 5.91 Å². The van der Waals surface area contributed by atoms with Crippen LogP contribution in [0.5, 0.6) is 0 Å². The molecule has 1 fully saturated rings. The Morgan fingerprint density at radius 2 is 2.11 bits per heavy atom. The van der Waals surface area contributed by atoms with Crippen LogP contribution < -0.4 is 0 Å². The van der Waals surface area contributed by atoms with Crippen molar-refractivity contribution in [3.63, 3.8) is 0 Å². The highest BCUT2D eigenvalue weighted by Gasteiger charge is 2.27. The molecule has 0 radical (unpaired) electrons. The van der Waals surface area contributed by atoms with Gasteiger partial charge in [-0.25, -0.2) is 8.42 Å². The predicted molar refractivity (Wildman–Crippen MR) is 66.1 cm³/mol. The number of furan rings is 1. The first kappa shape index (κ1) is 13.4. The molecule has 0 aromatic carbocycles. The van der Waals surface area contributed by atoms with Crippen LogP contribution in [0.3, 0.4) is 0 Å². The molecule has 1 aromatic heterocycles. The van der Waals surface area contributed by atoms with Gasteiger partial charge < -0.3 is 9.32 Å². The monoisotopic (exact) mass is 284 g/mol. The molecular weight excluding hydrogens is 272 g/mol. The van der Waals surface area contributed by atoms with Crippen LogP contribution >= 0.6 is 0 Å². The van der Waals surface area contributed by atoms with E-state index in [0.29, 0.717) is 5.76 Å². The molecule has 1 amide bonds. The maximum Gasteiger partial charge on any atom is 0.289 e. The molecule has 19 heavy (non-hydrogen) atoms. The molecule has 102 valence electrons. The third kappa shape index (κ3) is 3.27. The van der Waals surface area contributed by atoms with Crippen LogP contribution in [0.15, 0.2) is 21.7 Å². The second-order valence-corrected chi connectivity index (χ2v) is 6.40. The largest absolute Gasteiger partial charge is 0.456 e. The Labute approximate surface area is 109 Å². The van der Waals surface area contributed by atoms with Gasteiger partial charge in [-0.1, -0.05) is 5.11 Å². The summed E-state index contributed by atoms with van der Waals surface area (Å²) >= 11 is 0. The Morgan fingerprint density at radius 1 is 1.42 bits per heavy atom. The first-order valence-electron chi connectivity index (χ1n) is 5.61. The molecule has 0 unspecified atom stereocenters. The van der Waals surface area contributed by atoms with Crippen LogP contribution in [0.4, 0.5) is 0 Å². The fraction of sp³-hybridized carbons (Fsp3) is 0.500. The molecule has 0 spiro atoms. The first-order valence-corrected chi connectivity index (χ1v) is 7.43. The Bertz CT molecular complexity index is 616. The SMILES string of the molecule is [N-]=[N+]=NCc1ccc(C(=O)N2CCS(=O)(=O)CC2)o1. The Hall–Kier alpha value is -1.99. The van der Waals surface area contributed by atoms with E-state index in [0.717, 1.165) is 0 Å². The van der Waals surface area contributed by atoms with Crippen LogP contribution in [0.25, 0.3) is 10.4 Å². The average molecular weight is 284 g/mol. The van der Waals surface area contributed by atoms with Gasteiger partial charge in [0.2, 0.25) is 0 Å². The van der Waals surface area contributed by atoms with E-state index in [1.54, 1.807) is 6.07 Å². The van der Waals surface area contributed by atoms with Gasteiger partial charge in [0.05, 0.1) is 18.1 Å². The highest BCUT2D eigenvalue weighted by molar-refractivity contribution is 7.91. The third-order valence-electron chi connectivity index (χ3n) is 2.79. The quantitative estimate of drug-likeness (QED) is 0.466. The highest BCUT2D eigenvalue weighted by atomic mass is 32.2. The molecule has 0 atom stereocenters. The molecule has 9 heteroatoms. The van der Waals surface area contributed by atoms with E-state index in [4.69, 9.17) is 9.95 Å². The van der Waals surface area contributed by atoms with Crippen LogP contribution in [0.2, 0.25) is 0 Å². The zero-order valence-electron chi connectivity index (χ0n) is 10.0. The van der Waals surface area contributed by atoms with Crippen LogP contribution in [-0.4, -0.2) is 43.8 Å². The van der Waals surface area contributed by atoms with Crippen molar-refractivity contribution >= 4 is 15.7 Å². The van der Waals surface area contributed by atoms with E-state index in [-0.39, 0.29) is 42.8 Å². The number of sulfone groups is 1. The summed E-state index contributed by atoms with van der Waals surface area (Å²) in [6.45, 7) is 0.388. The molecule has 0 N–H and O–H groups in total. The second-order valence-electron chi connectivity index (χ2n) is 4.10. The number of rotatable bonds is 3.